The van der Waals surface area contributed by atoms with Gasteiger partial charge in [-0.15, -0.1) is 24.0 Å². The number of aromatic nitrogens is 1. The molecule has 0 aliphatic heterocycles. The highest BCUT2D eigenvalue weighted by atomic mass is 127. The summed E-state index contributed by atoms with van der Waals surface area (Å²) in [6.07, 6.45) is 2.63. The molecule has 2 aromatic carbocycles. The Kier molecular flexibility index (Phi) is 11.5. The Labute approximate surface area is 218 Å². The third kappa shape index (κ3) is 8.09. The molecule has 1 heterocycles. The van der Waals surface area contributed by atoms with Gasteiger partial charge in [0.2, 0.25) is 0 Å². The SMILES string of the molecule is CCNC(=NCc1ccc(Cn2ccccc2=O)cc1)NCCc1ccc(OC)c(OC)c1.I. The van der Waals surface area contributed by atoms with Crippen LogP contribution < -0.4 is 25.7 Å². The molecule has 3 rings (SSSR count). The topological polar surface area (TPSA) is 76.9 Å². The molecule has 2 N–H and O–H groups in total. The van der Waals surface area contributed by atoms with E-state index in [4.69, 9.17) is 14.5 Å². The molecule has 8 heteroatoms. The molecule has 0 fully saturated rings. The van der Waals surface area contributed by atoms with Crippen LogP contribution in [-0.4, -0.2) is 37.8 Å². The zero-order valence-electron chi connectivity index (χ0n) is 19.9. The summed E-state index contributed by atoms with van der Waals surface area (Å²) in [5.41, 5.74) is 3.34. The van der Waals surface area contributed by atoms with Crippen molar-refractivity contribution in [1.82, 2.24) is 15.2 Å². The first-order chi connectivity index (χ1) is 16.1. The van der Waals surface area contributed by atoms with E-state index >= 15 is 0 Å². The van der Waals surface area contributed by atoms with Crippen LogP contribution in [0.25, 0.3) is 0 Å². The lowest BCUT2D eigenvalue weighted by Crippen LogP contribution is -2.38. The van der Waals surface area contributed by atoms with Gasteiger partial charge < -0.3 is 24.7 Å². The van der Waals surface area contributed by atoms with E-state index < -0.39 is 0 Å². The maximum atomic E-state index is 11.9. The molecule has 182 valence electrons. The standard InChI is InChI=1S/C26H32N4O3.HI/c1-4-27-26(28-15-14-20-12-13-23(32-2)24(17-20)33-3)29-18-21-8-10-22(11-9-21)19-30-16-6-5-7-25(30)31;/h5-13,16-17H,4,14-15,18-19H2,1-3H3,(H2,27,28,29);1H. The van der Waals surface area contributed by atoms with Crippen molar-refractivity contribution in [3.05, 3.63) is 93.9 Å². The summed E-state index contributed by atoms with van der Waals surface area (Å²) in [6.45, 7) is 4.70. The van der Waals surface area contributed by atoms with Crippen LogP contribution in [0.15, 0.2) is 76.6 Å². The Morgan fingerprint density at radius 2 is 1.62 bits per heavy atom. The third-order valence-corrected chi connectivity index (χ3v) is 5.19. The van der Waals surface area contributed by atoms with E-state index in [-0.39, 0.29) is 29.5 Å². The van der Waals surface area contributed by atoms with Crippen molar-refractivity contribution < 1.29 is 9.47 Å². The summed E-state index contributed by atoms with van der Waals surface area (Å²) in [7, 11) is 3.28. The van der Waals surface area contributed by atoms with E-state index in [1.54, 1.807) is 37.1 Å². The number of aliphatic imine (C=N–C) groups is 1. The lowest BCUT2D eigenvalue weighted by molar-refractivity contribution is 0.354. The van der Waals surface area contributed by atoms with Crippen molar-refractivity contribution in [1.29, 1.82) is 0 Å². The summed E-state index contributed by atoms with van der Waals surface area (Å²) in [5.74, 6) is 2.24. The molecule has 0 saturated heterocycles. The molecule has 0 spiro atoms. The van der Waals surface area contributed by atoms with E-state index in [1.165, 1.54) is 0 Å². The number of nitrogens with one attached hydrogen (secondary N) is 2. The van der Waals surface area contributed by atoms with Gasteiger partial charge in [-0.2, -0.15) is 0 Å². The molecule has 0 amide bonds. The van der Waals surface area contributed by atoms with E-state index in [9.17, 15) is 4.79 Å². The molecule has 0 aliphatic carbocycles. The minimum absolute atomic E-state index is 0. The Morgan fingerprint density at radius 3 is 2.29 bits per heavy atom. The normalized spacial score (nSPS) is 10.9. The number of hydrogen-bond acceptors (Lipinski definition) is 4. The third-order valence-electron chi connectivity index (χ3n) is 5.19. The number of methoxy groups -OCH3 is 2. The van der Waals surface area contributed by atoms with E-state index in [0.29, 0.717) is 13.1 Å². The number of ether oxygens (including phenoxy) is 2. The molecular weight excluding hydrogens is 543 g/mol. The highest BCUT2D eigenvalue weighted by Gasteiger charge is 2.05. The van der Waals surface area contributed by atoms with Crippen LogP contribution in [0.5, 0.6) is 11.5 Å². The maximum absolute atomic E-state index is 11.9. The fraction of sp³-hybridized carbons (Fsp3) is 0.308. The predicted molar refractivity (Wildman–Crippen MR) is 148 cm³/mol. The average molecular weight is 576 g/mol. The van der Waals surface area contributed by atoms with Gasteiger partial charge in [-0.05, 0) is 48.2 Å². The van der Waals surface area contributed by atoms with Crippen LogP contribution in [0, 0.1) is 0 Å². The maximum Gasteiger partial charge on any atom is 0.250 e. The van der Waals surface area contributed by atoms with Crippen molar-refractivity contribution in [3.8, 4) is 11.5 Å². The van der Waals surface area contributed by atoms with Gasteiger partial charge in [-0.1, -0.05) is 36.4 Å². The fourth-order valence-electron chi connectivity index (χ4n) is 3.41. The van der Waals surface area contributed by atoms with Crippen molar-refractivity contribution in [2.75, 3.05) is 27.3 Å². The first kappa shape index (κ1) is 27.2. The highest BCUT2D eigenvalue weighted by Crippen LogP contribution is 2.27. The first-order valence-corrected chi connectivity index (χ1v) is 11.1. The van der Waals surface area contributed by atoms with E-state index in [2.05, 4.69) is 22.8 Å². The first-order valence-electron chi connectivity index (χ1n) is 11.1. The molecule has 1 aromatic heterocycles. The lowest BCUT2D eigenvalue weighted by atomic mass is 10.1. The largest absolute Gasteiger partial charge is 0.493 e. The minimum Gasteiger partial charge on any atom is -0.493 e. The molecule has 0 aliphatic rings. The highest BCUT2D eigenvalue weighted by molar-refractivity contribution is 14.0. The second kappa shape index (κ2) is 14.3. The number of pyridine rings is 1. The molecule has 0 atom stereocenters. The monoisotopic (exact) mass is 576 g/mol. The van der Waals surface area contributed by atoms with Crippen molar-refractivity contribution in [3.63, 3.8) is 0 Å². The summed E-state index contributed by atoms with van der Waals surface area (Å²) in [4.78, 5) is 16.6. The molecule has 0 radical (unpaired) electrons. The molecule has 3 aromatic rings. The van der Waals surface area contributed by atoms with Crippen LogP contribution in [0.4, 0.5) is 0 Å². The van der Waals surface area contributed by atoms with Crippen molar-refractivity contribution >= 4 is 29.9 Å². The Morgan fingerprint density at radius 1 is 0.912 bits per heavy atom. The number of benzene rings is 2. The van der Waals surface area contributed by atoms with Gasteiger partial charge in [0.05, 0.1) is 27.3 Å². The smallest absolute Gasteiger partial charge is 0.250 e. The number of hydrogen-bond donors (Lipinski definition) is 2. The van der Waals surface area contributed by atoms with Crippen LogP contribution in [0.2, 0.25) is 0 Å². The number of halogens is 1. The Bertz CT molecular complexity index is 1110. The number of rotatable bonds is 10. The fourth-order valence-corrected chi connectivity index (χ4v) is 3.41. The van der Waals surface area contributed by atoms with Gasteiger partial charge in [-0.3, -0.25) is 4.79 Å². The zero-order valence-corrected chi connectivity index (χ0v) is 22.2. The average Bonchev–Trinajstić information content (AvgIpc) is 2.84. The summed E-state index contributed by atoms with van der Waals surface area (Å²) in [6, 6.07) is 19.3. The van der Waals surface area contributed by atoms with Gasteiger partial charge in [0.15, 0.2) is 17.5 Å². The van der Waals surface area contributed by atoms with Crippen molar-refractivity contribution in [2.45, 2.75) is 26.4 Å². The second-order valence-corrected chi connectivity index (χ2v) is 7.54. The van der Waals surface area contributed by atoms with Crippen molar-refractivity contribution in [2.24, 2.45) is 4.99 Å². The van der Waals surface area contributed by atoms with Gasteiger partial charge in [0.25, 0.3) is 5.56 Å². The van der Waals surface area contributed by atoms with Crippen LogP contribution in [-0.2, 0) is 19.5 Å². The lowest BCUT2D eigenvalue weighted by Gasteiger charge is -2.13. The minimum atomic E-state index is 0. The Hall–Kier alpha value is -3.01. The molecule has 0 saturated carbocycles. The summed E-state index contributed by atoms with van der Waals surface area (Å²) in [5, 5.41) is 6.67. The summed E-state index contributed by atoms with van der Waals surface area (Å²) < 4.78 is 12.4. The van der Waals surface area contributed by atoms with E-state index in [0.717, 1.165) is 53.7 Å². The molecule has 34 heavy (non-hydrogen) atoms. The van der Waals surface area contributed by atoms with Crippen LogP contribution >= 0.6 is 24.0 Å². The van der Waals surface area contributed by atoms with E-state index in [1.807, 2.05) is 43.3 Å². The quantitative estimate of drug-likeness (QED) is 0.218. The van der Waals surface area contributed by atoms with Gasteiger partial charge in [0, 0.05) is 25.4 Å². The zero-order chi connectivity index (χ0) is 23.5. The summed E-state index contributed by atoms with van der Waals surface area (Å²) >= 11 is 0. The molecular formula is C26H33IN4O3. The van der Waals surface area contributed by atoms with Crippen LogP contribution in [0.1, 0.15) is 23.6 Å². The number of nitrogens with zero attached hydrogens (tertiary/aromatic N) is 2. The van der Waals surface area contributed by atoms with Gasteiger partial charge >= 0.3 is 0 Å². The van der Waals surface area contributed by atoms with Gasteiger partial charge in [-0.25, -0.2) is 4.99 Å². The van der Waals surface area contributed by atoms with Gasteiger partial charge in [0.1, 0.15) is 0 Å². The molecule has 0 unspecified atom stereocenters. The molecule has 0 bridgehead atoms. The van der Waals surface area contributed by atoms with Crippen LogP contribution in [0.3, 0.4) is 0 Å². The second-order valence-electron chi connectivity index (χ2n) is 7.54. The molecule has 7 nitrogen and oxygen atoms in total. The Balaban J connectivity index is 0.00000408. The number of guanidine groups is 1. The predicted octanol–water partition coefficient (Wildman–Crippen LogP) is 3.83.